The van der Waals surface area contributed by atoms with Crippen LogP contribution in [0.1, 0.15) is 10.4 Å². The molecule has 0 aromatic heterocycles. The van der Waals surface area contributed by atoms with Crippen molar-refractivity contribution in [3.05, 3.63) is 53.1 Å². The number of carbonyl (C=O) groups excluding carboxylic acids is 1. The van der Waals surface area contributed by atoms with Crippen molar-refractivity contribution in [1.82, 2.24) is 10.3 Å². The van der Waals surface area contributed by atoms with Gasteiger partial charge in [0.2, 0.25) is 0 Å². The van der Waals surface area contributed by atoms with Crippen LogP contribution in [0.2, 0.25) is 5.02 Å². The molecule has 2 N–H and O–H groups in total. The molecule has 0 radical (unpaired) electrons. The maximum Gasteiger partial charge on any atom is 0.266 e. The van der Waals surface area contributed by atoms with Gasteiger partial charge in [0.25, 0.3) is 15.9 Å². The molecule has 0 aliphatic carbocycles. The van der Waals surface area contributed by atoms with Crippen LogP contribution in [0.4, 0.5) is 0 Å². The van der Waals surface area contributed by atoms with Crippen molar-refractivity contribution in [3.63, 3.8) is 0 Å². The summed E-state index contributed by atoms with van der Waals surface area (Å²) in [6.45, 7) is 0.834. The zero-order valence-electron chi connectivity index (χ0n) is 12.3. The monoisotopic (exact) mass is 368 g/mol. The Morgan fingerprint density at radius 3 is 2.38 bits per heavy atom. The number of carbonyl (C=O) groups is 1. The van der Waals surface area contributed by atoms with Gasteiger partial charge in [0.1, 0.15) is 13.2 Å². The van der Waals surface area contributed by atoms with Gasteiger partial charge in [0, 0.05) is 10.6 Å². The topological polar surface area (TPSA) is 93.7 Å². The second kappa shape index (κ2) is 6.68. The van der Waals surface area contributed by atoms with Crippen LogP contribution < -0.4 is 19.7 Å². The van der Waals surface area contributed by atoms with E-state index in [9.17, 15) is 13.2 Å². The van der Waals surface area contributed by atoms with Gasteiger partial charge in [0.15, 0.2) is 11.5 Å². The maximum atomic E-state index is 12.1. The number of hydrazine groups is 1. The van der Waals surface area contributed by atoms with Crippen molar-refractivity contribution >= 4 is 27.5 Å². The fraction of sp³-hybridized carbons (Fsp3) is 0.133. The number of amides is 1. The van der Waals surface area contributed by atoms with Gasteiger partial charge in [-0.2, -0.15) is 0 Å². The molecule has 9 heteroatoms. The third-order valence-corrected chi connectivity index (χ3v) is 4.74. The molecule has 3 rings (SSSR count). The van der Waals surface area contributed by atoms with Gasteiger partial charge >= 0.3 is 0 Å². The lowest BCUT2D eigenvalue weighted by Gasteiger charge is -2.18. The first kappa shape index (κ1) is 16.6. The molecule has 2 aromatic carbocycles. The average Bonchev–Trinajstić information content (AvgIpc) is 2.59. The van der Waals surface area contributed by atoms with E-state index < -0.39 is 15.9 Å². The summed E-state index contributed by atoms with van der Waals surface area (Å²) in [4.78, 5) is 14.1. The van der Waals surface area contributed by atoms with E-state index in [0.29, 0.717) is 29.7 Å². The number of benzene rings is 2. The third-order valence-electron chi connectivity index (χ3n) is 3.23. The summed E-state index contributed by atoms with van der Waals surface area (Å²) in [6, 6.07) is 10.1. The summed E-state index contributed by atoms with van der Waals surface area (Å²) in [5, 5.41) is 0.411. The Kier molecular flexibility index (Phi) is 4.61. The van der Waals surface area contributed by atoms with E-state index in [2.05, 4.69) is 5.43 Å². The summed E-state index contributed by atoms with van der Waals surface area (Å²) < 4.78 is 34.9. The van der Waals surface area contributed by atoms with Crippen LogP contribution in [0.3, 0.4) is 0 Å². The van der Waals surface area contributed by atoms with E-state index in [4.69, 9.17) is 21.1 Å². The quantitative estimate of drug-likeness (QED) is 0.802. The second-order valence-corrected chi connectivity index (χ2v) is 6.99. The number of sulfonamides is 1. The molecule has 24 heavy (non-hydrogen) atoms. The lowest BCUT2D eigenvalue weighted by molar-refractivity contribution is 0.0944. The number of hydrogen-bond acceptors (Lipinski definition) is 5. The summed E-state index contributed by atoms with van der Waals surface area (Å²) in [5.74, 6) is 0.360. The van der Waals surface area contributed by atoms with Crippen molar-refractivity contribution in [2.24, 2.45) is 0 Å². The minimum Gasteiger partial charge on any atom is -0.486 e. The Balaban J connectivity index is 1.70. The van der Waals surface area contributed by atoms with Gasteiger partial charge < -0.3 is 9.47 Å². The van der Waals surface area contributed by atoms with Crippen LogP contribution in [0, 0.1) is 0 Å². The highest BCUT2D eigenvalue weighted by Gasteiger charge is 2.18. The van der Waals surface area contributed by atoms with Gasteiger partial charge in [-0.15, -0.1) is 4.83 Å². The zero-order valence-corrected chi connectivity index (χ0v) is 13.9. The molecule has 0 atom stereocenters. The molecule has 0 bridgehead atoms. The first-order chi connectivity index (χ1) is 11.5. The van der Waals surface area contributed by atoms with Crippen molar-refractivity contribution in [2.45, 2.75) is 4.90 Å². The molecule has 7 nitrogen and oxygen atoms in total. The van der Waals surface area contributed by atoms with Crippen molar-refractivity contribution < 1.29 is 22.7 Å². The minimum atomic E-state index is -3.89. The predicted molar refractivity (Wildman–Crippen MR) is 86.7 cm³/mol. The van der Waals surface area contributed by atoms with Crippen LogP contribution >= 0.6 is 11.6 Å². The Morgan fingerprint density at radius 1 is 1.00 bits per heavy atom. The van der Waals surface area contributed by atoms with E-state index in [1.54, 1.807) is 6.07 Å². The van der Waals surface area contributed by atoms with Gasteiger partial charge in [-0.05, 0) is 42.5 Å². The fourth-order valence-electron chi connectivity index (χ4n) is 2.04. The predicted octanol–water partition coefficient (Wildman–Crippen LogP) is 1.73. The van der Waals surface area contributed by atoms with E-state index in [1.807, 2.05) is 4.83 Å². The Morgan fingerprint density at radius 2 is 1.67 bits per heavy atom. The summed E-state index contributed by atoms with van der Waals surface area (Å²) in [7, 11) is -3.89. The first-order valence-corrected chi connectivity index (χ1v) is 8.79. The second-order valence-electron chi connectivity index (χ2n) is 4.87. The van der Waals surface area contributed by atoms with Crippen molar-refractivity contribution in [1.29, 1.82) is 0 Å². The van der Waals surface area contributed by atoms with E-state index >= 15 is 0 Å². The van der Waals surface area contributed by atoms with Crippen LogP contribution in [-0.2, 0) is 10.0 Å². The molecular weight excluding hydrogens is 356 g/mol. The van der Waals surface area contributed by atoms with E-state index in [1.165, 1.54) is 36.4 Å². The van der Waals surface area contributed by atoms with E-state index in [0.717, 1.165) is 0 Å². The summed E-state index contributed by atoms with van der Waals surface area (Å²) in [6.07, 6.45) is 0. The van der Waals surface area contributed by atoms with Gasteiger partial charge in [0.05, 0.1) is 4.90 Å². The van der Waals surface area contributed by atoms with E-state index in [-0.39, 0.29) is 10.5 Å². The molecule has 2 aromatic rings. The Labute approximate surface area is 143 Å². The van der Waals surface area contributed by atoms with Crippen molar-refractivity contribution in [2.75, 3.05) is 13.2 Å². The number of nitrogens with one attached hydrogen (secondary N) is 2. The van der Waals surface area contributed by atoms with Gasteiger partial charge in [-0.1, -0.05) is 11.6 Å². The number of ether oxygens (including phenoxy) is 2. The smallest absolute Gasteiger partial charge is 0.266 e. The fourth-order valence-corrected chi connectivity index (χ4v) is 3.01. The molecule has 1 aliphatic heterocycles. The molecule has 0 fully saturated rings. The number of hydrogen-bond donors (Lipinski definition) is 2. The summed E-state index contributed by atoms with van der Waals surface area (Å²) in [5.41, 5.74) is 2.39. The lowest BCUT2D eigenvalue weighted by atomic mass is 10.2. The Hall–Kier alpha value is -2.29. The number of rotatable bonds is 4. The maximum absolute atomic E-state index is 12.1. The number of fused-ring (bicyclic) bond motifs is 1. The van der Waals surface area contributed by atoms with Crippen LogP contribution in [-0.4, -0.2) is 27.5 Å². The van der Waals surface area contributed by atoms with Crippen LogP contribution in [0.15, 0.2) is 47.4 Å². The molecule has 1 heterocycles. The zero-order chi connectivity index (χ0) is 17.2. The molecule has 1 amide bonds. The van der Waals surface area contributed by atoms with Gasteiger partial charge in [-0.3, -0.25) is 10.2 Å². The number of halogens is 1. The van der Waals surface area contributed by atoms with Crippen LogP contribution in [0.5, 0.6) is 11.5 Å². The molecule has 0 spiro atoms. The van der Waals surface area contributed by atoms with Crippen molar-refractivity contribution in [3.8, 4) is 11.5 Å². The largest absolute Gasteiger partial charge is 0.486 e. The highest BCUT2D eigenvalue weighted by atomic mass is 35.5. The first-order valence-electron chi connectivity index (χ1n) is 6.93. The molecule has 1 aliphatic rings. The third kappa shape index (κ3) is 3.61. The highest BCUT2D eigenvalue weighted by molar-refractivity contribution is 7.89. The molecule has 126 valence electrons. The standard InChI is InChI=1S/C15H13ClN2O5S/c16-11-2-4-12(5-3-11)24(20,21)18-17-15(19)10-1-6-13-14(9-10)23-8-7-22-13/h1-6,9,18H,7-8H2,(H,17,19). The molecule has 0 saturated heterocycles. The lowest BCUT2D eigenvalue weighted by Crippen LogP contribution is -2.41. The Bertz CT molecular complexity index is 868. The molecule has 0 unspecified atom stereocenters. The van der Waals surface area contributed by atoms with Gasteiger partial charge in [-0.25, -0.2) is 8.42 Å². The normalized spacial score (nSPS) is 13.4. The molecule has 0 saturated carbocycles. The SMILES string of the molecule is O=C(NNS(=O)(=O)c1ccc(Cl)cc1)c1ccc2c(c1)OCCO2. The molecular formula is C15H13ClN2O5S. The van der Waals surface area contributed by atoms with Crippen LogP contribution in [0.25, 0.3) is 0 Å². The average molecular weight is 369 g/mol. The minimum absolute atomic E-state index is 0.0191. The highest BCUT2D eigenvalue weighted by Crippen LogP contribution is 2.30. The summed E-state index contributed by atoms with van der Waals surface area (Å²) >= 11 is 5.72.